The summed E-state index contributed by atoms with van der Waals surface area (Å²) in [5.74, 6) is -1.19. The Kier molecular flexibility index (Phi) is 8.04. The van der Waals surface area contributed by atoms with Crippen LogP contribution in [0, 0.1) is 0 Å². The van der Waals surface area contributed by atoms with E-state index in [0.29, 0.717) is 17.3 Å². The smallest absolute Gasteiger partial charge is 0.338 e. The van der Waals surface area contributed by atoms with E-state index in [-0.39, 0.29) is 10.5 Å². The van der Waals surface area contributed by atoms with Gasteiger partial charge in [0, 0.05) is 18.6 Å². The van der Waals surface area contributed by atoms with E-state index in [9.17, 15) is 18.0 Å². The van der Waals surface area contributed by atoms with Gasteiger partial charge < -0.3 is 10.1 Å². The minimum atomic E-state index is -3.92. The number of carbonyl (C=O) groups excluding carboxylic acids is 2. The lowest BCUT2D eigenvalue weighted by Gasteiger charge is -2.20. The lowest BCUT2D eigenvalue weighted by molar-refractivity contribution is -0.124. The standard InChI is InChI=1S/C20H23ClN2O5S/c1-3-4-11-22-19(24)14-28-20(25)15-7-5-10-18(12-15)29(26,27)23(2)17-9-6-8-16(21)13-17/h5-10,12-13H,3-4,11,14H2,1-2H3,(H,22,24). The van der Waals surface area contributed by atoms with Crippen molar-refractivity contribution < 1.29 is 22.7 Å². The lowest BCUT2D eigenvalue weighted by atomic mass is 10.2. The Labute approximate surface area is 175 Å². The first kappa shape index (κ1) is 22.7. The molecule has 9 heteroatoms. The molecule has 0 spiro atoms. The molecule has 0 aliphatic heterocycles. The molecule has 0 saturated heterocycles. The van der Waals surface area contributed by atoms with E-state index in [4.69, 9.17) is 16.3 Å². The van der Waals surface area contributed by atoms with E-state index >= 15 is 0 Å². The average molecular weight is 439 g/mol. The molecule has 1 amide bonds. The predicted molar refractivity (Wildman–Crippen MR) is 112 cm³/mol. The number of anilines is 1. The molecule has 156 valence electrons. The van der Waals surface area contributed by atoms with E-state index < -0.39 is 28.5 Å². The average Bonchev–Trinajstić information content (AvgIpc) is 2.71. The number of carbonyl (C=O) groups is 2. The van der Waals surface area contributed by atoms with Gasteiger partial charge in [0.05, 0.1) is 16.1 Å². The van der Waals surface area contributed by atoms with Crippen LogP contribution in [-0.4, -0.2) is 40.5 Å². The third-order valence-electron chi connectivity index (χ3n) is 4.09. The van der Waals surface area contributed by atoms with Crippen molar-refractivity contribution in [1.82, 2.24) is 5.32 Å². The minimum absolute atomic E-state index is 0.0342. The Balaban J connectivity index is 2.11. The Bertz CT molecular complexity index is 978. The zero-order chi connectivity index (χ0) is 21.4. The molecule has 0 aliphatic rings. The van der Waals surface area contributed by atoms with E-state index in [0.717, 1.165) is 17.1 Å². The number of esters is 1. The van der Waals surface area contributed by atoms with Crippen LogP contribution < -0.4 is 9.62 Å². The van der Waals surface area contributed by atoms with Gasteiger partial charge in [0.1, 0.15) is 0 Å². The zero-order valence-corrected chi connectivity index (χ0v) is 17.8. The number of hydrogen-bond acceptors (Lipinski definition) is 5. The summed E-state index contributed by atoms with van der Waals surface area (Å²) in [5.41, 5.74) is 0.418. The van der Waals surface area contributed by atoms with Crippen molar-refractivity contribution in [2.75, 3.05) is 24.5 Å². The zero-order valence-electron chi connectivity index (χ0n) is 16.2. The first-order valence-electron chi connectivity index (χ1n) is 9.04. The number of halogens is 1. The van der Waals surface area contributed by atoms with Gasteiger partial charge in [-0.15, -0.1) is 0 Å². The normalized spacial score (nSPS) is 11.0. The molecule has 0 atom stereocenters. The lowest BCUT2D eigenvalue weighted by Crippen LogP contribution is -2.29. The van der Waals surface area contributed by atoms with Crippen LogP contribution in [0.3, 0.4) is 0 Å². The van der Waals surface area contributed by atoms with Gasteiger partial charge >= 0.3 is 5.97 Å². The fourth-order valence-electron chi connectivity index (χ4n) is 2.42. The number of unbranched alkanes of at least 4 members (excludes halogenated alkanes) is 1. The summed E-state index contributed by atoms with van der Waals surface area (Å²) in [4.78, 5) is 23.8. The topological polar surface area (TPSA) is 92.8 Å². The quantitative estimate of drug-likeness (QED) is 0.479. The summed E-state index contributed by atoms with van der Waals surface area (Å²) in [6.07, 6.45) is 1.77. The molecule has 29 heavy (non-hydrogen) atoms. The van der Waals surface area contributed by atoms with E-state index in [2.05, 4.69) is 5.32 Å². The van der Waals surface area contributed by atoms with E-state index in [1.54, 1.807) is 18.2 Å². The summed E-state index contributed by atoms with van der Waals surface area (Å²) in [5, 5.41) is 3.04. The van der Waals surface area contributed by atoms with Crippen molar-refractivity contribution >= 4 is 39.2 Å². The summed E-state index contributed by atoms with van der Waals surface area (Å²) < 4.78 is 31.8. The number of amides is 1. The van der Waals surface area contributed by atoms with Crippen LogP contribution in [0.4, 0.5) is 5.69 Å². The van der Waals surface area contributed by atoms with Crippen molar-refractivity contribution in [3.8, 4) is 0 Å². The number of rotatable bonds is 9. The summed E-state index contributed by atoms with van der Waals surface area (Å²) in [6.45, 7) is 2.08. The number of hydrogen-bond donors (Lipinski definition) is 1. The molecule has 0 aliphatic carbocycles. The Morgan fingerprint density at radius 1 is 1.14 bits per heavy atom. The van der Waals surface area contributed by atoms with Crippen molar-refractivity contribution in [3.63, 3.8) is 0 Å². The third kappa shape index (κ3) is 6.20. The second kappa shape index (κ2) is 10.3. The molecule has 2 aromatic rings. The number of ether oxygens (including phenoxy) is 1. The van der Waals surface area contributed by atoms with Gasteiger partial charge in [0.2, 0.25) is 0 Å². The molecule has 0 unspecified atom stereocenters. The molecule has 2 aromatic carbocycles. The summed E-state index contributed by atoms with van der Waals surface area (Å²) in [7, 11) is -2.53. The molecule has 0 heterocycles. The maximum atomic E-state index is 12.9. The molecule has 0 radical (unpaired) electrons. The fourth-order valence-corrected chi connectivity index (χ4v) is 3.84. The Hall–Kier alpha value is -2.58. The molecule has 2 rings (SSSR count). The highest BCUT2D eigenvalue weighted by Gasteiger charge is 2.23. The molecular weight excluding hydrogens is 416 g/mol. The maximum Gasteiger partial charge on any atom is 0.338 e. The van der Waals surface area contributed by atoms with E-state index in [1.165, 1.54) is 37.4 Å². The van der Waals surface area contributed by atoms with Crippen molar-refractivity contribution in [2.45, 2.75) is 24.7 Å². The molecule has 0 aromatic heterocycles. The highest BCUT2D eigenvalue weighted by molar-refractivity contribution is 7.92. The Morgan fingerprint density at radius 3 is 2.55 bits per heavy atom. The van der Waals surface area contributed by atoms with Gasteiger partial charge in [-0.05, 0) is 42.8 Å². The molecule has 0 saturated carbocycles. The van der Waals surface area contributed by atoms with Gasteiger partial charge in [0.25, 0.3) is 15.9 Å². The van der Waals surface area contributed by atoms with E-state index in [1.807, 2.05) is 6.92 Å². The predicted octanol–water partition coefficient (Wildman–Crippen LogP) is 3.24. The molecule has 7 nitrogen and oxygen atoms in total. The number of sulfonamides is 1. The second-order valence-corrected chi connectivity index (χ2v) is 8.67. The SMILES string of the molecule is CCCCNC(=O)COC(=O)c1cccc(S(=O)(=O)N(C)c2cccc(Cl)c2)c1. The van der Waals surface area contributed by atoms with Gasteiger partial charge in [-0.2, -0.15) is 0 Å². The van der Waals surface area contributed by atoms with Crippen molar-refractivity contribution in [1.29, 1.82) is 0 Å². The number of nitrogens with one attached hydrogen (secondary N) is 1. The molecule has 0 bridgehead atoms. The first-order chi connectivity index (χ1) is 13.8. The van der Waals surface area contributed by atoms with Crippen LogP contribution in [0.5, 0.6) is 0 Å². The monoisotopic (exact) mass is 438 g/mol. The largest absolute Gasteiger partial charge is 0.452 e. The van der Waals surface area contributed by atoms with Crippen LogP contribution in [0.2, 0.25) is 5.02 Å². The summed E-state index contributed by atoms with van der Waals surface area (Å²) in [6, 6.07) is 11.9. The number of nitrogens with zero attached hydrogens (tertiary/aromatic N) is 1. The first-order valence-corrected chi connectivity index (χ1v) is 10.9. The van der Waals surface area contributed by atoms with Gasteiger partial charge in [-0.1, -0.05) is 37.1 Å². The van der Waals surface area contributed by atoms with Crippen LogP contribution in [0.25, 0.3) is 0 Å². The molecule has 1 N–H and O–H groups in total. The maximum absolute atomic E-state index is 12.9. The van der Waals surface area contributed by atoms with Crippen LogP contribution in [0.1, 0.15) is 30.1 Å². The highest BCUT2D eigenvalue weighted by atomic mass is 35.5. The molecule has 0 fully saturated rings. The van der Waals surface area contributed by atoms with Crippen LogP contribution >= 0.6 is 11.6 Å². The van der Waals surface area contributed by atoms with Crippen LogP contribution in [0.15, 0.2) is 53.4 Å². The van der Waals surface area contributed by atoms with Gasteiger partial charge in [-0.3, -0.25) is 9.10 Å². The van der Waals surface area contributed by atoms with Gasteiger partial charge in [0.15, 0.2) is 6.61 Å². The fraction of sp³-hybridized carbons (Fsp3) is 0.300. The summed E-state index contributed by atoms with van der Waals surface area (Å²) >= 11 is 5.94. The second-order valence-electron chi connectivity index (χ2n) is 6.26. The van der Waals surface area contributed by atoms with Gasteiger partial charge in [-0.25, -0.2) is 13.2 Å². The van der Waals surface area contributed by atoms with Crippen molar-refractivity contribution in [2.24, 2.45) is 0 Å². The number of benzene rings is 2. The Morgan fingerprint density at radius 2 is 1.86 bits per heavy atom. The highest BCUT2D eigenvalue weighted by Crippen LogP contribution is 2.25. The third-order valence-corrected chi connectivity index (χ3v) is 6.10. The molecular formula is C20H23ClN2O5S. The minimum Gasteiger partial charge on any atom is -0.452 e. The van der Waals surface area contributed by atoms with Crippen LogP contribution in [-0.2, 0) is 19.6 Å². The van der Waals surface area contributed by atoms with Crippen molar-refractivity contribution in [3.05, 3.63) is 59.1 Å².